The molecule has 28 heavy (non-hydrogen) atoms. The van der Waals surface area contributed by atoms with Crippen molar-refractivity contribution in [2.75, 3.05) is 6.61 Å². The number of hydrogen-bond acceptors (Lipinski definition) is 4. The summed E-state index contributed by atoms with van der Waals surface area (Å²) < 4.78 is 44.3. The molecule has 4 aliphatic rings. The molecule has 0 atom stereocenters. The van der Waals surface area contributed by atoms with Crippen LogP contribution in [0.15, 0.2) is 12.1 Å². The Labute approximate surface area is 165 Å². The van der Waals surface area contributed by atoms with E-state index >= 15 is 0 Å². The maximum atomic E-state index is 14.5. The number of carbonyl (C=O) groups is 1. The number of amides is 1. The second kappa shape index (κ2) is 6.99. The van der Waals surface area contributed by atoms with Crippen molar-refractivity contribution in [2.45, 2.75) is 51.9 Å². The molecule has 1 aromatic rings. The minimum Gasteiger partial charge on any atom is -0.493 e. The molecule has 6 nitrogen and oxygen atoms in total. The standard InChI is InChI=1S/C20H27FN2O4S/c1-2-15-6-16(19(24)23-28(22,25)26)17(21)7-18(15)27-11-20-8-12-3-13(9-20)5-14(4-12)10-20/h6-7,12-14H,2-5,8-11H2,1H3,(H,23,24)(H2,22,25,26). The van der Waals surface area contributed by atoms with Crippen molar-refractivity contribution in [1.29, 1.82) is 0 Å². The van der Waals surface area contributed by atoms with E-state index in [4.69, 9.17) is 9.88 Å². The first-order chi connectivity index (χ1) is 13.2. The highest BCUT2D eigenvalue weighted by atomic mass is 32.2. The first-order valence-electron chi connectivity index (χ1n) is 9.96. The van der Waals surface area contributed by atoms with Crippen LogP contribution in [0.5, 0.6) is 5.75 Å². The van der Waals surface area contributed by atoms with Crippen LogP contribution >= 0.6 is 0 Å². The SMILES string of the molecule is CCc1cc(C(=O)NS(N)(=O)=O)c(F)cc1OCC12CC3CC(CC(C3)C1)C2. The molecule has 4 aliphatic carbocycles. The van der Waals surface area contributed by atoms with Crippen LogP contribution in [0.1, 0.15) is 61.4 Å². The van der Waals surface area contributed by atoms with Gasteiger partial charge in [0.25, 0.3) is 16.1 Å². The number of aryl methyl sites for hydroxylation is 1. The fourth-order valence-electron chi connectivity index (χ4n) is 6.07. The smallest absolute Gasteiger partial charge is 0.298 e. The number of carbonyl (C=O) groups excluding carboxylic acids is 1. The molecule has 0 heterocycles. The van der Waals surface area contributed by atoms with Crippen LogP contribution < -0.4 is 14.6 Å². The largest absolute Gasteiger partial charge is 0.493 e. The molecule has 5 rings (SSSR count). The molecule has 0 saturated heterocycles. The average molecular weight is 411 g/mol. The van der Waals surface area contributed by atoms with Gasteiger partial charge in [-0.25, -0.2) is 14.3 Å². The average Bonchev–Trinajstić information content (AvgIpc) is 2.57. The Balaban J connectivity index is 1.52. The van der Waals surface area contributed by atoms with Crippen molar-refractivity contribution in [3.63, 3.8) is 0 Å². The topological polar surface area (TPSA) is 98.5 Å². The van der Waals surface area contributed by atoms with Crippen LogP contribution in [0.3, 0.4) is 0 Å². The van der Waals surface area contributed by atoms with Crippen LogP contribution in [0.4, 0.5) is 4.39 Å². The molecule has 0 aliphatic heterocycles. The van der Waals surface area contributed by atoms with Gasteiger partial charge >= 0.3 is 0 Å². The number of nitrogens with one attached hydrogen (secondary N) is 1. The summed E-state index contributed by atoms with van der Waals surface area (Å²) in [6.07, 6.45) is 8.16. The van der Waals surface area contributed by atoms with Crippen LogP contribution in [0.25, 0.3) is 0 Å². The second-order valence-corrected chi connectivity index (χ2v) is 10.3. The molecule has 8 heteroatoms. The summed E-state index contributed by atoms with van der Waals surface area (Å²) in [4.78, 5) is 12.0. The maximum Gasteiger partial charge on any atom is 0.298 e. The van der Waals surface area contributed by atoms with Crippen LogP contribution in [0, 0.1) is 29.0 Å². The molecule has 3 N–H and O–H groups in total. The van der Waals surface area contributed by atoms with Gasteiger partial charge in [-0.15, -0.1) is 0 Å². The Morgan fingerprint density at radius 1 is 1.21 bits per heavy atom. The predicted octanol–water partition coefficient (Wildman–Crippen LogP) is 2.92. The lowest BCUT2D eigenvalue weighted by atomic mass is 9.50. The maximum absolute atomic E-state index is 14.5. The van der Waals surface area contributed by atoms with E-state index in [1.807, 2.05) is 6.92 Å². The number of rotatable bonds is 6. The Kier molecular flexibility index (Phi) is 4.90. The van der Waals surface area contributed by atoms with Gasteiger partial charge in [0.05, 0.1) is 12.2 Å². The van der Waals surface area contributed by atoms with E-state index in [1.54, 1.807) is 4.72 Å². The molecule has 4 bridgehead atoms. The van der Waals surface area contributed by atoms with Gasteiger partial charge in [0, 0.05) is 11.5 Å². The van der Waals surface area contributed by atoms with E-state index in [0.29, 0.717) is 24.3 Å². The lowest BCUT2D eigenvalue weighted by Crippen LogP contribution is -2.48. The molecule has 0 unspecified atom stereocenters. The third kappa shape index (κ3) is 3.89. The summed E-state index contributed by atoms with van der Waals surface area (Å²) in [5, 5.41) is 4.81. The van der Waals surface area contributed by atoms with Gasteiger partial charge in [0.15, 0.2) is 0 Å². The van der Waals surface area contributed by atoms with Crippen LogP contribution in [-0.4, -0.2) is 20.9 Å². The molecule has 154 valence electrons. The van der Waals surface area contributed by atoms with E-state index in [9.17, 15) is 17.6 Å². The molecule has 0 radical (unpaired) electrons. The quantitative estimate of drug-likeness (QED) is 0.753. The first kappa shape index (κ1) is 19.6. The van der Waals surface area contributed by atoms with E-state index < -0.39 is 21.9 Å². The Bertz CT molecular complexity index is 864. The highest BCUT2D eigenvalue weighted by Crippen LogP contribution is 2.60. The predicted molar refractivity (Wildman–Crippen MR) is 102 cm³/mol. The van der Waals surface area contributed by atoms with Gasteiger partial charge in [-0.05, 0) is 74.3 Å². The number of hydrogen-bond donors (Lipinski definition) is 2. The summed E-state index contributed by atoms with van der Waals surface area (Å²) in [6, 6.07) is 2.54. The van der Waals surface area contributed by atoms with Crippen molar-refractivity contribution in [3.05, 3.63) is 29.1 Å². The van der Waals surface area contributed by atoms with Gasteiger partial charge < -0.3 is 4.74 Å². The van der Waals surface area contributed by atoms with Gasteiger partial charge in [-0.3, -0.25) is 4.79 Å². The Morgan fingerprint density at radius 2 is 1.79 bits per heavy atom. The van der Waals surface area contributed by atoms with Gasteiger partial charge in [0.2, 0.25) is 0 Å². The van der Waals surface area contributed by atoms with Crippen molar-refractivity contribution in [2.24, 2.45) is 28.3 Å². The fraction of sp³-hybridized carbons (Fsp3) is 0.650. The normalized spacial score (nSPS) is 31.0. The van der Waals surface area contributed by atoms with Crippen molar-refractivity contribution in [3.8, 4) is 5.75 Å². The molecule has 4 fully saturated rings. The lowest BCUT2D eigenvalue weighted by Gasteiger charge is -2.56. The monoisotopic (exact) mass is 410 g/mol. The number of nitrogens with two attached hydrogens (primary N) is 1. The molecule has 4 saturated carbocycles. The van der Waals surface area contributed by atoms with Crippen LogP contribution in [-0.2, 0) is 16.6 Å². The fourth-order valence-corrected chi connectivity index (χ4v) is 6.43. The zero-order valence-electron chi connectivity index (χ0n) is 16.0. The summed E-state index contributed by atoms with van der Waals surface area (Å²) in [5.74, 6) is 0.952. The van der Waals surface area contributed by atoms with Crippen LogP contribution in [0.2, 0.25) is 0 Å². The molecular weight excluding hydrogens is 383 g/mol. The number of benzene rings is 1. The molecule has 1 amide bonds. The Hall–Kier alpha value is -1.67. The van der Waals surface area contributed by atoms with Crippen molar-refractivity contribution < 1.29 is 22.3 Å². The summed E-state index contributed by atoms with van der Waals surface area (Å²) in [7, 11) is -4.25. The summed E-state index contributed by atoms with van der Waals surface area (Å²) >= 11 is 0. The summed E-state index contributed by atoms with van der Waals surface area (Å²) in [5.41, 5.74) is 0.513. The Morgan fingerprint density at radius 3 is 2.29 bits per heavy atom. The first-order valence-corrected chi connectivity index (χ1v) is 11.5. The second-order valence-electron chi connectivity index (χ2n) is 8.98. The lowest BCUT2D eigenvalue weighted by molar-refractivity contribution is -0.0746. The molecule has 0 spiro atoms. The molecular formula is C20H27FN2O4S. The number of ether oxygens (including phenoxy) is 1. The highest BCUT2D eigenvalue weighted by Gasteiger charge is 2.51. The summed E-state index contributed by atoms with van der Waals surface area (Å²) in [6.45, 7) is 2.46. The third-order valence-electron chi connectivity index (χ3n) is 6.71. The van der Waals surface area contributed by atoms with Crippen molar-refractivity contribution >= 4 is 16.1 Å². The minimum atomic E-state index is -4.25. The zero-order valence-corrected chi connectivity index (χ0v) is 16.9. The number of halogens is 1. The van der Waals surface area contributed by atoms with Crippen molar-refractivity contribution in [1.82, 2.24) is 4.72 Å². The molecule has 1 aromatic carbocycles. The van der Waals surface area contributed by atoms with E-state index in [0.717, 1.165) is 17.8 Å². The van der Waals surface area contributed by atoms with Gasteiger partial charge in [-0.1, -0.05) is 6.92 Å². The van der Waals surface area contributed by atoms with E-state index in [2.05, 4.69) is 0 Å². The highest BCUT2D eigenvalue weighted by molar-refractivity contribution is 7.87. The molecule has 0 aromatic heterocycles. The third-order valence-corrected chi connectivity index (χ3v) is 7.18. The van der Waals surface area contributed by atoms with Gasteiger partial charge in [-0.2, -0.15) is 8.42 Å². The van der Waals surface area contributed by atoms with Gasteiger partial charge in [0.1, 0.15) is 11.6 Å². The minimum absolute atomic E-state index is 0.194. The van der Waals surface area contributed by atoms with E-state index in [1.165, 1.54) is 50.7 Å². The zero-order chi connectivity index (χ0) is 20.1. The van der Waals surface area contributed by atoms with E-state index in [-0.39, 0.29) is 11.0 Å².